The summed E-state index contributed by atoms with van der Waals surface area (Å²) in [5.74, 6) is 2.82. The zero-order chi connectivity index (χ0) is 43.2. The average molecular weight is 800 g/mol. The van der Waals surface area contributed by atoms with E-state index < -0.39 is 0 Å². The van der Waals surface area contributed by atoms with Crippen LogP contribution < -0.4 is 0 Å². The van der Waals surface area contributed by atoms with Crippen LogP contribution >= 0.6 is 0 Å². The fourth-order valence-corrected chi connectivity index (χ4v) is 7.30. The van der Waals surface area contributed by atoms with E-state index in [1.54, 1.807) is 0 Å². The van der Waals surface area contributed by atoms with Crippen LogP contribution in [-0.2, 0) is 0 Å². The highest BCUT2D eigenvalue weighted by Crippen LogP contribution is 2.37. The Morgan fingerprint density at radius 2 is 1.46 bits per heavy atom. The van der Waals surface area contributed by atoms with Crippen LogP contribution in [0.1, 0.15) is 80.2 Å². The summed E-state index contributed by atoms with van der Waals surface area (Å²) in [5.41, 5.74) is 12.8. The minimum atomic E-state index is 0.398. The number of furan rings is 1. The maximum atomic E-state index is 6.42. The molecule has 7 heteroatoms. The molecular weight excluding hydrogens is 751 g/mol. The van der Waals surface area contributed by atoms with Gasteiger partial charge in [-0.1, -0.05) is 117 Å². The number of aromatic nitrogens is 5. The molecule has 302 valence electrons. The van der Waals surface area contributed by atoms with Crippen molar-refractivity contribution in [3.63, 3.8) is 0 Å². The van der Waals surface area contributed by atoms with Crippen molar-refractivity contribution in [2.24, 2.45) is 0 Å². The van der Waals surface area contributed by atoms with Gasteiger partial charge in [0, 0.05) is 55.7 Å². The Balaban J connectivity index is 1.27. The Morgan fingerprint density at radius 1 is 0.721 bits per heavy atom. The van der Waals surface area contributed by atoms with E-state index in [1.165, 1.54) is 0 Å². The summed E-state index contributed by atoms with van der Waals surface area (Å²) < 4.78 is 14.9. The summed E-state index contributed by atoms with van der Waals surface area (Å²) in [7, 11) is 0. The molecule has 0 N–H and O–H groups in total. The molecule has 7 aromatic rings. The van der Waals surface area contributed by atoms with Crippen LogP contribution in [0.15, 0.2) is 156 Å². The van der Waals surface area contributed by atoms with Crippen LogP contribution in [0.2, 0.25) is 0 Å². The number of rotatable bonds is 14. The molecule has 0 saturated heterocycles. The Kier molecular flexibility index (Phi) is 12.3. The van der Waals surface area contributed by atoms with Gasteiger partial charge in [0.25, 0.3) is 0 Å². The van der Waals surface area contributed by atoms with E-state index in [0.29, 0.717) is 45.8 Å². The van der Waals surface area contributed by atoms with Crippen molar-refractivity contribution < 1.29 is 8.83 Å². The van der Waals surface area contributed by atoms with Crippen molar-refractivity contribution in [2.45, 2.75) is 41.5 Å². The van der Waals surface area contributed by atoms with Gasteiger partial charge >= 0.3 is 0 Å². The molecule has 0 aliphatic rings. The van der Waals surface area contributed by atoms with Gasteiger partial charge in [-0.3, -0.25) is 0 Å². The summed E-state index contributed by atoms with van der Waals surface area (Å²) in [4.78, 5) is 19.4. The minimum absolute atomic E-state index is 0.398. The van der Waals surface area contributed by atoms with Crippen molar-refractivity contribution in [1.29, 1.82) is 0 Å². The Bertz CT molecular complexity index is 3040. The molecule has 7 rings (SSSR count). The SMILES string of the molecule is C=Cc1c(C(=C)/C(C)=C/c2c(/C=C\C)c(C=C)n(C(/C=C\C)=C/C(=C)c3nc4ccc(-c5nc(/C(C)=C/C=C\C)nc(-c6ccccc6)n5)cc4o3)c2C)oc2ccccc12. The normalized spacial score (nSPS) is 12.8. The molecule has 0 saturated carbocycles. The predicted molar refractivity (Wildman–Crippen MR) is 258 cm³/mol. The van der Waals surface area contributed by atoms with Crippen LogP contribution in [0, 0.1) is 6.92 Å². The second kappa shape index (κ2) is 18.1. The molecule has 0 unspecified atom stereocenters. The van der Waals surface area contributed by atoms with Crippen LogP contribution in [-0.4, -0.2) is 24.5 Å². The maximum absolute atomic E-state index is 6.42. The van der Waals surface area contributed by atoms with Crippen LogP contribution in [0.25, 0.3) is 91.6 Å². The highest BCUT2D eigenvalue weighted by atomic mass is 16.3. The molecule has 3 aromatic carbocycles. The van der Waals surface area contributed by atoms with E-state index in [-0.39, 0.29) is 0 Å². The first-order valence-corrected chi connectivity index (χ1v) is 20.2. The van der Waals surface area contributed by atoms with Crippen molar-refractivity contribution >= 4 is 68.8 Å². The van der Waals surface area contributed by atoms with Gasteiger partial charge in [-0.25, -0.2) is 19.9 Å². The minimum Gasteiger partial charge on any atom is -0.455 e. The standard InChI is InChI=1S/C54H49N5O2/c1-11-16-24-34(6)51-56-52(39-25-18-17-19-26-39)58-53(57-51)40-29-30-46-49(33-40)61-54(55-46)36(8)31-41(22-12-2)59-38(10)45(43(23-13-3)47(59)15-5)32-35(7)37(9)50-42(14-4)44-27-20-21-28-48(44)60-50/h11-33H,4-5,8-9H2,1-3,6-7,10H3/b16-11-,22-12-,23-13-,34-24+,35-32+,41-31+. The van der Waals surface area contributed by atoms with Crippen molar-refractivity contribution in [3.8, 4) is 22.8 Å². The van der Waals surface area contributed by atoms with Gasteiger partial charge in [-0.15, -0.1) is 0 Å². The number of nitrogens with zero attached hydrogens (tertiary/aromatic N) is 5. The van der Waals surface area contributed by atoms with Crippen molar-refractivity contribution in [3.05, 3.63) is 193 Å². The first-order chi connectivity index (χ1) is 29.6. The van der Waals surface area contributed by atoms with Crippen LogP contribution in [0.4, 0.5) is 0 Å². The number of oxazole rings is 1. The molecule has 0 bridgehead atoms. The summed E-state index contributed by atoms with van der Waals surface area (Å²) in [6, 6.07) is 23.7. The van der Waals surface area contributed by atoms with E-state index in [1.807, 2.05) is 155 Å². The number of fused-ring (bicyclic) bond motifs is 2. The largest absolute Gasteiger partial charge is 0.455 e. The van der Waals surface area contributed by atoms with Crippen LogP contribution in [0.3, 0.4) is 0 Å². The number of benzene rings is 3. The van der Waals surface area contributed by atoms with E-state index >= 15 is 0 Å². The van der Waals surface area contributed by atoms with E-state index in [9.17, 15) is 0 Å². The molecule has 0 amide bonds. The highest BCUT2D eigenvalue weighted by Gasteiger charge is 2.21. The molecule has 61 heavy (non-hydrogen) atoms. The lowest BCUT2D eigenvalue weighted by Crippen LogP contribution is -2.01. The quantitative estimate of drug-likeness (QED) is 0.102. The molecule has 0 aliphatic heterocycles. The second-order valence-corrected chi connectivity index (χ2v) is 14.5. The monoisotopic (exact) mass is 799 g/mol. The van der Waals surface area contributed by atoms with Gasteiger partial charge in [0.15, 0.2) is 23.1 Å². The third kappa shape index (κ3) is 8.32. The Hall–Kier alpha value is -7.64. The van der Waals surface area contributed by atoms with Gasteiger partial charge in [-0.2, -0.15) is 0 Å². The number of hydrogen-bond acceptors (Lipinski definition) is 6. The first-order valence-electron chi connectivity index (χ1n) is 20.2. The zero-order valence-electron chi connectivity index (χ0n) is 35.7. The van der Waals surface area contributed by atoms with Crippen LogP contribution in [0.5, 0.6) is 0 Å². The fraction of sp³-hybridized carbons (Fsp3) is 0.111. The summed E-state index contributed by atoms with van der Waals surface area (Å²) in [6.45, 7) is 29.4. The fourth-order valence-electron chi connectivity index (χ4n) is 7.30. The molecular formula is C54H49N5O2. The Morgan fingerprint density at radius 3 is 2.16 bits per heavy atom. The molecule has 0 fully saturated rings. The molecule has 0 aliphatic carbocycles. The third-order valence-corrected chi connectivity index (χ3v) is 10.4. The first kappa shape index (κ1) is 41.5. The van der Waals surface area contributed by atoms with Gasteiger partial charge in [0.05, 0.1) is 5.69 Å². The molecule has 4 heterocycles. The molecule has 0 atom stereocenters. The Labute approximate surface area is 358 Å². The van der Waals surface area contributed by atoms with Crippen molar-refractivity contribution in [1.82, 2.24) is 24.5 Å². The smallest absolute Gasteiger partial charge is 0.226 e. The van der Waals surface area contributed by atoms with Gasteiger partial charge in [-0.05, 0) is 101 Å². The predicted octanol–water partition coefficient (Wildman–Crippen LogP) is 14.7. The number of para-hydroxylation sites is 1. The lowest BCUT2D eigenvalue weighted by Gasteiger charge is -2.12. The summed E-state index contributed by atoms with van der Waals surface area (Å²) in [5, 5.41) is 1.01. The highest BCUT2D eigenvalue weighted by molar-refractivity contribution is 5.96. The van der Waals surface area contributed by atoms with Gasteiger partial charge < -0.3 is 13.4 Å². The number of allylic oxidation sites excluding steroid dienone is 12. The zero-order valence-corrected chi connectivity index (χ0v) is 35.7. The molecule has 7 nitrogen and oxygen atoms in total. The summed E-state index contributed by atoms with van der Waals surface area (Å²) in [6.07, 6.45) is 22.0. The topological polar surface area (TPSA) is 82.8 Å². The molecule has 0 spiro atoms. The molecule has 0 radical (unpaired) electrons. The summed E-state index contributed by atoms with van der Waals surface area (Å²) >= 11 is 0. The maximum Gasteiger partial charge on any atom is 0.226 e. The lowest BCUT2D eigenvalue weighted by atomic mass is 9.98. The van der Waals surface area contributed by atoms with Gasteiger partial charge in [0.2, 0.25) is 5.89 Å². The second-order valence-electron chi connectivity index (χ2n) is 14.5. The lowest BCUT2D eigenvalue weighted by molar-refractivity contribution is 0.586. The van der Waals surface area contributed by atoms with Gasteiger partial charge in [0.1, 0.15) is 16.9 Å². The van der Waals surface area contributed by atoms with E-state index in [0.717, 1.165) is 72.6 Å². The molecule has 4 aromatic heterocycles. The van der Waals surface area contributed by atoms with E-state index in [4.69, 9.17) is 28.8 Å². The average Bonchev–Trinajstić information content (AvgIpc) is 3.96. The third-order valence-electron chi connectivity index (χ3n) is 10.4. The van der Waals surface area contributed by atoms with E-state index in [2.05, 4.69) is 56.9 Å². The van der Waals surface area contributed by atoms with Crippen molar-refractivity contribution in [2.75, 3.05) is 0 Å². The number of hydrogen-bond donors (Lipinski definition) is 0.